The highest BCUT2D eigenvalue weighted by Gasteiger charge is 2.64. The van der Waals surface area contributed by atoms with Crippen molar-refractivity contribution in [3.63, 3.8) is 0 Å². The minimum atomic E-state index is -0.746. The van der Waals surface area contributed by atoms with Crippen LogP contribution in [-0.4, -0.2) is 22.9 Å². The average Bonchev–Trinajstić information content (AvgIpc) is 3.17. The smallest absolute Gasteiger partial charge is 0.0949 e. The summed E-state index contributed by atoms with van der Waals surface area (Å²) in [5.41, 5.74) is 0.204. The Bertz CT molecular complexity index is 447. The van der Waals surface area contributed by atoms with Crippen LogP contribution in [0.3, 0.4) is 0 Å². The van der Waals surface area contributed by atoms with Crippen molar-refractivity contribution in [1.82, 2.24) is 0 Å². The van der Waals surface area contributed by atoms with Crippen LogP contribution in [0, 0.1) is 22.7 Å². The van der Waals surface area contributed by atoms with Crippen LogP contribution in [0.25, 0.3) is 0 Å². The zero-order valence-electron chi connectivity index (χ0n) is 15.0. The van der Waals surface area contributed by atoms with E-state index in [1.54, 1.807) is 6.08 Å². The highest BCUT2D eigenvalue weighted by atomic mass is 16.6. The zero-order valence-corrected chi connectivity index (χ0v) is 15.0. The fourth-order valence-corrected chi connectivity index (χ4v) is 6.04. The van der Waals surface area contributed by atoms with Gasteiger partial charge in [-0.3, -0.25) is 0 Å². The molecule has 1 aliphatic heterocycles. The van der Waals surface area contributed by atoms with Gasteiger partial charge in [0, 0.05) is 0 Å². The van der Waals surface area contributed by atoms with Crippen molar-refractivity contribution < 1.29 is 9.84 Å². The van der Waals surface area contributed by atoms with Crippen LogP contribution >= 0.6 is 0 Å². The number of epoxide rings is 1. The molecule has 1 heterocycles. The third kappa shape index (κ3) is 2.57. The summed E-state index contributed by atoms with van der Waals surface area (Å²) in [5, 5.41) is 10.4. The molecule has 0 aromatic rings. The quantitative estimate of drug-likeness (QED) is 0.602. The van der Waals surface area contributed by atoms with E-state index in [4.69, 9.17) is 4.74 Å². The van der Waals surface area contributed by atoms with E-state index >= 15 is 0 Å². The van der Waals surface area contributed by atoms with Crippen molar-refractivity contribution in [2.45, 2.75) is 83.8 Å². The Morgan fingerprint density at radius 3 is 2.55 bits per heavy atom. The molecule has 1 unspecified atom stereocenters. The standard InChI is InChI=1S/C20H34O2/c1-6-18(4,21)12-8-16-19(5)11-7-10-17(2,3)15(19)9-13-20(16)14-22-20/h6,15-16,21H,1,7-14H2,2-5H3/t15-,16+,18-,19-,20?/m0/s1. The second-order valence-electron chi connectivity index (χ2n) is 9.45. The molecule has 1 spiro atoms. The molecule has 2 aliphatic carbocycles. The Hall–Kier alpha value is -0.340. The Labute approximate surface area is 136 Å². The van der Waals surface area contributed by atoms with Crippen LogP contribution in [0.1, 0.15) is 72.6 Å². The topological polar surface area (TPSA) is 32.8 Å². The fourth-order valence-electron chi connectivity index (χ4n) is 6.04. The molecule has 1 saturated heterocycles. The van der Waals surface area contributed by atoms with Crippen molar-refractivity contribution >= 4 is 0 Å². The maximum atomic E-state index is 10.4. The normalized spacial score (nSPS) is 45.9. The van der Waals surface area contributed by atoms with Crippen LogP contribution in [0.5, 0.6) is 0 Å². The molecule has 2 saturated carbocycles. The van der Waals surface area contributed by atoms with Crippen molar-refractivity contribution in [2.75, 3.05) is 6.61 Å². The van der Waals surface area contributed by atoms with Gasteiger partial charge < -0.3 is 9.84 Å². The molecule has 5 atom stereocenters. The number of rotatable bonds is 4. The maximum Gasteiger partial charge on any atom is 0.0949 e. The molecule has 2 heteroatoms. The van der Waals surface area contributed by atoms with Crippen LogP contribution in [0.4, 0.5) is 0 Å². The predicted molar refractivity (Wildman–Crippen MR) is 90.7 cm³/mol. The highest BCUT2D eigenvalue weighted by molar-refractivity contribution is 5.13. The molecular weight excluding hydrogens is 272 g/mol. The Morgan fingerprint density at radius 2 is 1.95 bits per heavy atom. The SMILES string of the molecule is C=C[C@](C)(O)CC[C@H]1C2(CC[C@H]3C(C)(C)CCC[C@@]31C)CO2. The lowest BCUT2D eigenvalue weighted by Crippen LogP contribution is -2.54. The minimum Gasteiger partial charge on any atom is -0.386 e. The Kier molecular flexibility index (Phi) is 3.81. The number of ether oxygens (including phenoxy) is 1. The van der Waals surface area contributed by atoms with Gasteiger partial charge >= 0.3 is 0 Å². The Balaban J connectivity index is 1.85. The van der Waals surface area contributed by atoms with Crippen LogP contribution in [0.2, 0.25) is 0 Å². The molecule has 3 rings (SSSR count). The van der Waals surface area contributed by atoms with Crippen LogP contribution < -0.4 is 0 Å². The molecule has 22 heavy (non-hydrogen) atoms. The number of hydrogen-bond donors (Lipinski definition) is 1. The van der Waals surface area contributed by atoms with Crippen molar-refractivity contribution in [3.8, 4) is 0 Å². The predicted octanol–water partition coefficient (Wildman–Crippen LogP) is 4.72. The molecule has 0 radical (unpaired) electrons. The number of hydrogen-bond acceptors (Lipinski definition) is 2. The van der Waals surface area contributed by atoms with Crippen LogP contribution in [0.15, 0.2) is 12.7 Å². The van der Waals surface area contributed by atoms with E-state index in [-0.39, 0.29) is 5.60 Å². The fraction of sp³-hybridized carbons (Fsp3) is 0.900. The summed E-state index contributed by atoms with van der Waals surface area (Å²) in [6.07, 6.45) is 10.1. The van der Waals surface area contributed by atoms with E-state index in [1.807, 2.05) is 6.92 Å². The van der Waals surface area contributed by atoms with Gasteiger partial charge in [0.25, 0.3) is 0 Å². The summed E-state index contributed by atoms with van der Waals surface area (Å²) < 4.78 is 6.02. The number of fused-ring (bicyclic) bond motifs is 1. The van der Waals surface area contributed by atoms with E-state index in [9.17, 15) is 5.11 Å². The maximum absolute atomic E-state index is 10.4. The molecule has 3 fully saturated rings. The van der Waals surface area contributed by atoms with E-state index in [2.05, 4.69) is 27.4 Å². The monoisotopic (exact) mass is 306 g/mol. The zero-order chi connectivity index (χ0) is 16.2. The molecule has 126 valence electrons. The molecule has 0 bridgehead atoms. The first-order valence-corrected chi connectivity index (χ1v) is 9.15. The van der Waals surface area contributed by atoms with Crippen molar-refractivity contribution in [2.24, 2.45) is 22.7 Å². The van der Waals surface area contributed by atoms with Gasteiger partial charge in [-0.25, -0.2) is 0 Å². The van der Waals surface area contributed by atoms with E-state index in [0.717, 1.165) is 25.4 Å². The molecule has 0 aromatic heterocycles. The molecule has 0 amide bonds. The largest absolute Gasteiger partial charge is 0.386 e. The van der Waals surface area contributed by atoms with E-state index in [1.165, 1.54) is 32.1 Å². The van der Waals surface area contributed by atoms with E-state index < -0.39 is 5.60 Å². The summed E-state index contributed by atoms with van der Waals surface area (Å²) >= 11 is 0. The van der Waals surface area contributed by atoms with Gasteiger partial charge in [-0.15, -0.1) is 6.58 Å². The summed E-state index contributed by atoms with van der Waals surface area (Å²) in [5.74, 6) is 1.38. The van der Waals surface area contributed by atoms with Gasteiger partial charge in [-0.2, -0.15) is 0 Å². The van der Waals surface area contributed by atoms with Crippen molar-refractivity contribution in [3.05, 3.63) is 12.7 Å². The van der Waals surface area contributed by atoms with Crippen molar-refractivity contribution in [1.29, 1.82) is 0 Å². The molecular formula is C20H34O2. The first-order chi connectivity index (χ1) is 10.2. The first kappa shape index (κ1) is 16.5. The average molecular weight is 306 g/mol. The molecule has 0 aromatic carbocycles. The van der Waals surface area contributed by atoms with Gasteiger partial charge in [-0.1, -0.05) is 33.3 Å². The summed E-state index contributed by atoms with van der Waals surface area (Å²) in [4.78, 5) is 0. The molecule has 1 N–H and O–H groups in total. The summed E-state index contributed by atoms with van der Waals surface area (Å²) in [6, 6.07) is 0. The minimum absolute atomic E-state index is 0.135. The second kappa shape index (κ2) is 5.08. The third-order valence-corrected chi connectivity index (χ3v) is 7.46. The Morgan fingerprint density at radius 1 is 1.27 bits per heavy atom. The molecule has 2 nitrogen and oxygen atoms in total. The summed E-state index contributed by atoms with van der Waals surface area (Å²) in [6.45, 7) is 14.1. The summed E-state index contributed by atoms with van der Waals surface area (Å²) in [7, 11) is 0. The van der Waals surface area contributed by atoms with Gasteiger partial charge in [0.05, 0.1) is 17.8 Å². The molecule has 3 aliphatic rings. The second-order valence-corrected chi connectivity index (χ2v) is 9.45. The highest BCUT2D eigenvalue weighted by Crippen LogP contribution is 2.66. The lowest BCUT2D eigenvalue weighted by Gasteiger charge is -2.59. The van der Waals surface area contributed by atoms with E-state index in [0.29, 0.717) is 16.7 Å². The third-order valence-electron chi connectivity index (χ3n) is 7.46. The lowest BCUT2D eigenvalue weighted by atomic mass is 9.45. The van der Waals surface area contributed by atoms with Gasteiger partial charge in [0.1, 0.15) is 0 Å². The lowest BCUT2D eigenvalue weighted by molar-refractivity contribution is -0.111. The van der Waals surface area contributed by atoms with Gasteiger partial charge in [0.2, 0.25) is 0 Å². The van der Waals surface area contributed by atoms with Gasteiger partial charge in [0.15, 0.2) is 0 Å². The first-order valence-electron chi connectivity index (χ1n) is 9.15. The number of aliphatic hydroxyl groups is 1. The van der Waals surface area contributed by atoms with Crippen LogP contribution in [-0.2, 0) is 4.74 Å². The van der Waals surface area contributed by atoms with Gasteiger partial charge in [-0.05, 0) is 68.1 Å².